The lowest BCUT2D eigenvalue weighted by atomic mass is 10.0. The van der Waals surface area contributed by atoms with Crippen molar-refractivity contribution in [3.05, 3.63) is 60.2 Å². The Balaban J connectivity index is 2.13. The average Bonchev–Trinajstić information content (AvgIpc) is 2.84. The molecular formula is C25H36N4O5S. The SMILES string of the molecule is CCCCOc1ccc(S(=O)(=O)N[C@@H](CCCCN)C(=O)N[C@@H](Cc2ccccc2)C(N)=O)cc1. The molecule has 0 aromatic heterocycles. The molecule has 2 aromatic rings. The molecule has 10 heteroatoms. The second-order valence-corrected chi connectivity index (χ2v) is 10.00. The topological polar surface area (TPSA) is 154 Å². The molecule has 0 aliphatic carbocycles. The number of benzene rings is 2. The smallest absolute Gasteiger partial charge is 0.241 e. The second-order valence-electron chi connectivity index (χ2n) is 8.29. The molecule has 0 fully saturated rings. The first-order valence-corrected chi connectivity index (χ1v) is 13.3. The van der Waals surface area contributed by atoms with Crippen molar-refractivity contribution in [2.75, 3.05) is 13.2 Å². The summed E-state index contributed by atoms with van der Waals surface area (Å²) >= 11 is 0. The number of hydrogen-bond acceptors (Lipinski definition) is 6. The lowest BCUT2D eigenvalue weighted by molar-refractivity contribution is -0.128. The van der Waals surface area contributed by atoms with Crippen LogP contribution in [-0.4, -0.2) is 45.5 Å². The summed E-state index contributed by atoms with van der Waals surface area (Å²) in [6, 6.07) is 13.1. The van der Waals surface area contributed by atoms with Crippen molar-refractivity contribution >= 4 is 21.8 Å². The lowest BCUT2D eigenvalue weighted by Gasteiger charge is -2.22. The molecule has 0 spiro atoms. The first-order chi connectivity index (χ1) is 16.8. The van der Waals surface area contributed by atoms with Crippen molar-refractivity contribution in [1.82, 2.24) is 10.0 Å². The van der Waals surface area contributed by atoms with Crippen molar-refractivity contribution < 1.29 is 22.7 Å². The van der Waals surface area contributed by atoms with Gasteiger partial charge in [0.05, 0.1) is 11.5 Å². The molecule has 35 heavy (non-hydrogen) atoms. The number of ether oxygens (including phenoxy) is 1. The maximum absolute atomic E-state index is 13.1. The van der Waals surface area contributed by atoms with E-state index in [9.17, 15) is 18.0 Å². The normalized spacial score (nSPS) is 13.1. The molecule has 0 radical (unpaired) electrons. The lowest BCUT2D eigenvalue weighted by Crippen LogP contribution is -2.53. The van der Waals surface area contributed by atoms with Crippen LogP contribution in [0.4, 0.5) is 0 Å². The molecule has 0 bridgehead atoms. The third-order valence-electron chi connectivity index (χ3n) is 5.40. The molecule has 0 unspecified atom stereocenters. The number of carbonyl (C=O) groups excluding carboxylic acids is 2. The number of rotatable bonds is 16. The number of nitrogens with two attached hydrogens (primary N) is 2. The highest BCUT2D eigenvalue weighted by molar-refractivity contribution is 7.89. The van der Waals surface area contributed by atoms with Gasteiger partial charge in [0, 0.05) is 6.42 Å². The molecular weight excluding hydrogens is 468 g/mol. The van der Waals surface area contributed by atoms with Gasteiger partial charge in [0.15, 0.2) is 0 Å². The highest BCUT2D eigenvalue weighted by atomic mass is 32.2. The van der Waals surface area contributed by atoms with Gasteiger partial charge in [0.2, 0.25) is 21.8 Å². The predicted octanol–water partition coefficient (Wildman–Crippen LogP) is 1.85. The first kappa shape index (κ1) is 28.3. The summed E-state index contributed by atoms with van der Waals surface area (Å²) in [6.45, 7) is 3.02. The highest BCUT2D eigenvalue weighted by Crippen LogP contribution is 2.17. The molecule has 0 saturated heterocycles. The van der Waals surface area contributed by atoms with E-state index < -0.39 is 33.9 Å². The summed E-state index contributed by atoms with van der Waals surface area (Å²) < 4.78 is 34.1. The largest absolute Gasteiger partial charge is 0.494 e. The van der Waals surface area contributed by atoms with Crippen LogP contribution in [0.3, 0.4) is 0 Å². The number of nitrogens with one attached hydrogen (secondary N) is 2. The second kappa shape index (κ2) is 14.4. The maximum atomic E-state index is 13.1. The Kier molecular flexibility index (Phi) is 11.7. The summed E-state index contributed by atoms with van der Waals surface area (Å²) in [4.78, 5) is 25.1. The maximum Gasteiger partial charge on any atom is 0.241 e. The Morgan fingerprint density at radius 2 is 1.66 bits per heavy atom. The van der Waals surface area contributed by atoms with Crippen LogP contribution < -0.4 is 26.2 Å². The first-order valence-electron chi connectivity index (χ1n) is 11.9. The monoisotopic (exact) mass is 504 g/mol. The van der Waals surface area contributed by atoms with Crippen LogP contribution in [0, 0.1) is 0 Å². The van der Waals surface area contributed by atoms with Crippen LogP contribution in [-0.2, 0) is 26.0 Å². The van der Waals surface area contributed by atoms with Crippen LogP contribution in [0.25, 0.3) is 0 Å². The number of hydrogen-bond donors (Lipinski definition) is 4. The number of carbonyl (C=O) groups is 2. The Morgan fingerprint density at radius 1 is 0.971 bits per heavy atom. The fourth-order valence-electron chi connectivity index (χ4n) is 3.39. The summed E-state index contributed by atoms with van der Waals surface area (Å²) in [6.07, 6.45) is 3.46. The van der Waals surface area contributed by atoms with Gasteiger partial charge in [-0.15, -0.1) is 0 Å². The van der Waals surface area contributed by atoms with Crippen molar-refractivity contribution in [2.24, 2.45) is 11.5 Å². The van der Waals surface area contributed by atoms with E-state index in [4.69, 9.17) is 16.2 Å². The van der Waals surface area contributed by atoms with E-state index in [1.165, 1.54) is 12.1 Å². The van der Waals surface area contributed by atoms with Gasteiger partial charge in [-0.3, -0.25) is 9.59 Å². The van der Waals surface area contributed by atoms with Crippen LogP contribution >= 0.6 is 0 Å². The van der Waals surface area contributed by atoms with Crippen molar-refractivity contribution in [1.29, 1.82) is 0 Å². The van der Waals surface area contributed by atoms with Crippen molar-refractivity contribution in [3.8, 4) is 5.75 Å². The minimum absolute atomic E-state index is 0.00713. The van der Waals surface area contributed by atoms with E-state index in [1.807, 2.05) is 30.3 Å². The zero-order chi connectivity index (χ0) is 25.7. The highest BCUT2D eigenvalue weighted by Gasteiger charge is 2.28. The third-order valence-corrected chi connectivity index (χ3v) is 6.89. The molecule has 0 heterocycles. The van der Waals surface area contributed by atoms with Crippen LogP contribution in [0.1, 0.15) is 44.6 Å². The van der Waals surface area contributed by atoms with E-state index in [-0.39, 0.29) is 17.7 Å². The summed E-state index contributed by atoms with van der Waals surface area (Å²) in [5.74, 6) is -0.755. The van der Waals surface area contributed by atoms with Gasteiger partial charge < -0.3 is 21.5 Å². The molecule has 0 aliphatic rings. The summed E-state index contributed by atoms with van der Waals surface area (Å²) in [5, 5.41) is 2.61. The van der Waals surface area contributed by atoms with E-state index in [1.54, 1.807) is 12.1 Å². The Hall–Kier alpha value is -2.95. The average molecular weight is 505 g/mol. The van der Waals surface area contributed by atoms with E-state index >= 15 is 0 Å². The quantitative estimate of drug-likeness (QED) is 0.256. The van der Waals surface area contributed by atoms with Crippen molar-refractivity contribution in [3.63, 3.8) is 0 Å². The van der Waals surface area contributed by atoms with E-state index in [0.717, 1.165) is 18.4 Å². The number of unbranched alkanes of at least 4 members (excludes halogenated alkanes) is 2. The Morgan fingerprint density at radius 3 is 2.26 bits per heavy atom. The van der Waals surface area contributed by atoms with Gasteiger partial charge in [-0.05, 0) is 55.6 Å². The van der Waals surface area contributed by atoms with Gasteiger partial charge in [-0.1, -0.05) is 50.1 Å². The Labute approximate surface area is 207 Å². The van der Waals surface area contributed by atoms with Gasteiger partial charge in [0.25, 0.3) is 0 Å². The van der Waals surface area contributed by atoms with Crippen LogP contribution in [0.15, 0.2) is 59.5 Å². The van der Waals surface area contributed by atoms with Gasteiger partial charge in [-0.25, -0.2) is 8.42 Å². The van der Waals surface area contributed by atoms with E-state index in [0.29, 0.717) is 31.7 Å². The summed E-state index contributed by atoms with van der Waals surface area (Å²) in [5.41, 5.74) is 11.9. The van der Waals surface area contributed by atoms with Crippen molar-refractivity contribution in [2.45, 2.75) is 62.4 Å². The minimum atomic E-state index is -4.01. The molecule has 9 nitrogen and oxygen atoms in total. The molecule has 192 valence electrons. The zero-order valence-electron chi connectivity index (χ0n) is 20.1. The molecule has 2 aromatic carbocycles. The molecule has 2 rings (SSSR count). The number of primary amides is 1. The fraction of sp³-hybridized carbons (Fsp3) is 0.440. The molecule has 6 N–H and O–H groups in total. The third kappa shape index (κ3) is 9.67. The summed E-state index contributed by atoms with van der Waals surface area (Å²) in [7, 11) is -4.01. The number of amides is 2. The standard InChI is InChI=1S/C25H36N4O5S/c1-2-3-17-34-20-12-14-21(15-13-20)35(32,33)29-22(11-7-8-16-26)25(31)28-23(24(27)30)18-19-9-5-4-6-10-19/h4-6,9-10,12-15,22-23,29H,2-3,7-8,11,16-18,26H2,1H3,(H2,27,30)(H,28,31)/t22-,23-/m0/s1. The zero-order valence-corrected chi connectivity index (χ0v) is 20.9. The van der Waals surface area contributed by atoms with Gasteiger partial charge >= 0.3 is 0 Å². The minimum Gasteiger partial charge on any atom is -0.494 e. The predicted molar refractivity (Wildman–Crippen MR) is 135 cm³/mol. The molecule has 2 amide bonds. The van der Waals surface area contributed by atoms with Gasteiger partial charge in [0.1, 0.15) is 17.8 Å². The van der Waals surface area contributed by atoms with Gasteiger partial charge in [-0.2, -0.15) is 4.72 Å². The molecule has 0 aliphatic heterocycles. The van der Waals surface area contributed by atoms with E-state index in [2.05, 4.69) is 17.0 Å². The molecule has 0 saturated carbocycles. The van der Waals surface area contributed by atoms with Crippen LogP contribution in [0.2, 0.25) is 0 Å². The number of sulfonamides is 1. The van der Waals surface area contributed by atoms with Crippen LogP contribution in [0.5, 0.6) is 5.75 Å². The Bertz CT molecular complexity index is 1030. The molecule has 2 atom stereocenters. The fourth-order valence-corrected chi connectivity index (χ4v) is 4.62.